The molecule has 0 unspecified atom stereocenters. The van der Waals surface area contributed by atoms with Crippen molar-refractivity contribution in [1.82, 2.24) is 19.6 Å². The van der Waals surface area contributed by atoms with E-state index in [0.29, 0.717) is 5.91 Å². The molecule has 1 aromatic carbocycles. The van der Waals surface area contributed by atoms with E-state index in [0.717, 1.165) is 71.7 Å². The molecule has 31 heavy (non-hydrogen) atoms. The molecule has 0 bridgehead atoms. The lowest BCUT2D eigenvalue weighted by Gasteiger charge is -2.39. The Morgan fingerprint density at radius 2 is 1.68 bits per heavy atom. The zero-order valence-corrected chi connectivity index (χ0v) is 19.5. The third kappa shape index (κ3) is 5.78. The summed E-state index contributed by atoms with van der Waals surface area (Å²) in [6.45, 7) is 13.1. The largest absolute Gasteiger partial charge is 0.377 e. The van der Waals surface area contributed by atoms with E-state index in [4.69, 9.17) is 0 Å². The molecule has 3 heterocycles. The number of hydrogen-bond acceptors (Lipinski definition) is 4. The highest BCUT2D eigenvalue weighted by Gasteiger charge is 2.30. The molecule has 1 amide bonds. The summed E-state index contributed by atoms with van der Waals surface area (Å²) in [7, 11) is 2.10. The van der Waals surface area contributed by atoms with E-state index in [1.54, 1.807) is 0 Å². The summed E-state index contributed by atoms with van der Waals surface area (Å²) < 4.78 is 0. The van der Waals surface area contributed by atoms with Crippen molar-refractivity contribution < 1.29 is 4.79 Å². The van der Waals surface area contributed by atoms with Gasteiger partial charge in [0, 0.05) is 58.8 Å². The molecule has 5 heteroatoms. The SMILES string of the molecule is Cc1ccc(CN2CCN(C(=O)C3CCN(CC4=CCN(C)C=C4)CC3)CC2)c(C)c1. The van der Waals surface area contributed by atoms with Crippen LogP contribution in [-0.4, -0.2) is 84.9 Å². The van der Waals surface area contributed by atoms with Gasteiger partial charge in [-0.05, 0) is 68.8 Å². The fourth-order valence-corrected chi connectivity index (χ4v) is 4.98. The summed E-state index contributed by atoms with van der Waals surface area (Å²) in [6.07, 6.45) is 8.69. The van der Waals surface area contributed by atoms with Crippen molar-refractivity contribution in [3.8, 4) is 0 Å². The normalized spacial score (nSPS) is 21.5. The van der Waals surface area contributed by atoms with E-state index in [9.17, 15) is 4.79 Å². The molecule has 0 aromatic heterocycles. The molecule has 0 saturated carbocycles. The van der Waals surface area contributed by atoms with Crippen LogP contribution in [-0.2, 0) is 11.3 Å². The summed E-state index contributed by atoms with van der Waals surface area (Å²) in [5.41, 5.74) is 5.51. The molecule has 1 aromatic rings. The van der Waals surface area contributed by atoms with Crippen molar-refractivity contribution in [3.63, 3.8) is 0 Å². The third-order valence-electron chi connectivity index (χ3n) is 7.10. The van der Waals surface area contributed by atoms with Gasteiger partial charge in [0.2, 0.25) is 5.91 Å². The first-order valence-electron chi connectivity index (χ1n) is 11.8. The van der Waals surface area contributed by atoms with Gasteiger partial charge in [-0.3, -0.25) is 14.6 Å². The minimum Gasteiger partial charge on any atom is -0.377 e. The first kappa shape index (κ1) is 22.1. The van der Waals surface area contributed by atoms with E-state index >= 15 is 0 Å². The number of piperazine rings is 1. The lowest BCUT2D eigenvalue weighted by Crippen LogP contribution is -2.51. The van der Waals surface area contributed by atoms with Gasteiger partial charge in [0.1, 0.15) is 0 Å². The minimum atomic E-state index is 0.212. The van der Waals surface area contributed by atoms with Crippen LogP contribution < -0.4 is 0 Å². The summed E-state index contributed by atoms with van der Waals surface area (Å²) in [5, 5.41) is 0. The van der Waals surface area contributed by atoms with Crippen LogP contribution in [0.25, 0.3) is 0 Å². The van der Waals surface area contributed by atoms with Crippen LogP contribution in [0.15, 0.2) is 42.1 Å². The van der Waals surface area contributed by atoms with Crippen LogP contribution in [0.1, 0.15) is 29.5 Å². The number of rotatable bonds is 5. The molecular formula is C26H38N4O. The Morgan fingerprint density at radius 3 is 2.32 bits per heavy atom. The van der Waals surface area contributed by atoms with Crippen LogP contribution in [0.2, 0.25) is 0 Å². The number of likely N-dealkylation sites (N-methyl/N-ethyl adjacent to an activating group) is 1. The molecule has 0 N–H and O–H groups in total. The topological polar surface area (TPSA) is 30.0 Å². The second-order valence-corrected chi connectivity index (χ2v) is 9.62. The Labute approximate surface area is 188 Å². The summed E-state index contributed by atoms with van der Waals surface area (Å²) in [6, 6.07) is 6.72. The quantitative estimate of drug-likeness (QED) is 0.730. The van der Waals surface area contributed by atoms with Crippen LogP contribution in [0.4, 0.5) is 0 Å². The van der Waals surface area contributed by atoms with Gasteiger partial charge in [-0.15, -0.1) is 0 Å². The van der Waals surface area contributed by atoms with Crippen molar-refractivity contribution >= 4 is 5.91 Å². The molecule has 0 spiro atoms. The molecule has 5 nitrogen and oxygen atoms in total. The van der Waals surface area contributed by atoms with Crippen LogP contribution in [0, 0.1) is 19.8 Å². The fraction of sp³-hybridized carbons (Fsp3) is 0.577. The minimum absolute atomic E-state index is 0.212. The third-order valence-corrected chi connectivity index (χ3v) is 7.10. The number of carbonyl (C=O) groups is 1. The van der Waals surface area contributed by atoms with Gasteiger partial charge in [-0.2, -0.15) is 0 Å². The highest BCUT2D eigenvalue weighted by molar-refractivity contribution is 5.79. The van der Waals surface area contributed by atoms with Crippen molar-refractivity contribution in [1.29, 1.82) is 0 Å². The Kier molecular flexibility index (Phi) is 7.13. The van der Waals surface area contributed by atoms with Gasteiger partial charge in [0.15, 0.2) is 0 Å². The molecule has 2 fully saturated rings. The van der Waals surface area contributed by atoms with Gasteiger partial charge in [-0.1, -0.05) is 29.8 Å². The molecule has 168 valence electrons. The number of piperidine rings is 1. The van der Waals surface area contributed by atoms with Gasteiger partial charge in [-0.25, -0.2) is 0 Å². The molecule has 3 aliphatic heterocycles. The van der Waals surface area contributed by atoms with Crippen molar-refractivity contribution in [2.75, 3.05) is 59.4 Å². The van der Waals surface area contributed by atoms with Gasteiger partial charge in [0.25, 0.3) is 0 Å². The Bertz CT molecular complexity index is 830. The second kappa shape index (κ2) is 10.0. The highest BCUT2D eigenvalue weighted by atomic mass is 16.2. The van der Waals surface area contributed by atoms with Crippen molar-refractivity contribution in [3.05, 3.63) is 58.8 Å². The van der Waals surface area contributed by atoms with E-state index in [1.807, 2.05) is 0 Å². The van der Waals surface area contributed by atoms with E-state index < -0.39 is 0 Å². The molecule has 0 radical (unpaired) electrons. The maximum Gasteiger partial charge on any atom is 0.225 e. The average molecular weight is 423 g/mol. The molecule has 2 saturated heterocycles. The van der Waals surface area contributed by atoms with Crippen molar-refractivity contribution in [2.24, 2.45) is 5.92 Å². The Hall–Kier alpha value is -2.11. The van der Waals surface area contributed by atoms with Gasteiger partial charge >= 0.3 is 0 Å². The average Bonchev–Trinajstić information content (AvgIpc) is 2.78. The predicted molar refractivity (Wildman–Crippen MR) is 127 cm³/mol. The van der Waals surface area contributed by atoms with Gasteiger partial charge in [0.05, 0.1) is 0 Å². The molecule has 4 rings (SSSR count). The van der Waals surface area contributed by atoms with Crippen LogP contribution in [0.3, 0.4) is 0 Å². The number of amides is 1. The number of likely N-dealkylation sites (tertiary alicyclic amines) is 1. The maximum absolute atomic E-state index is 13.1. The van der Waals surface area contributed by atoms with E-state index in [1.165, 1.54) is 22.3 Å². The number of benzene rings is 1. The fourth-order valence-electron chi connectivity index (χ4n) is 4.98. The summed E-state index contributed by atoms with van der Waals surface area (Å²) in [5.74, 6) is 0.605. The summed E-state index contributed by atoms with van der Waals surface area (Å²) >= 11 is 0. The standard InChI is InChI=1S/C26H38N4O/c1-21-4-5-25(22(2)18-21)20-29-14-16-30(17-15-29)26(31)24-8-12-28(13-9-24)19-23-6-10-27(3)11-7-23/h4-7,10,18,24H,8-9,11-17,19-20H2,1-3H3. The lowest BCUT2D eigenvalue weighted by atomic mass is 9.94. The summed E-state index contributed by atoms with van der Waals surface area (Å²) in [4.78, 5) is 22.4. The number of hydrogen-bond donors (Lipinski definition) is 0. The van der Waals surface area contributed by atoms with E-state index in [-0.39, 0.29) is 5.92 Å². The molecule has 0 atom stereocenters. The molecule has 3 aliphatic rings. The zero-order valence-electron chi connectivity index (χ0n) is 19.5. The van der Waals surface area contributed by atoms with Crippen LogP contribution >= 0.6 is 0 Å². The van der Waals surface area contributed by atoms with Gasteiger partial charge < -0.3 is 9.80 Å². The highest BCUT2D eigenvalue weighted by Crippen LogP contribution is 2.22. The smallest absolute Gasteiger partial charge is 0.225 e. The first-order chi connectivity index (χ1) is 15.0. The van der Waals surface area contributed by atoms with Crippen molar-refractivity contribution in [2.45, 2.75) is 33.2 Å². The maximum atomic E-state index is 13.1. The number of nitrogens with zero attached hydrogens (tertiary/aromatic N) is 4. The number of carbonyl (C=O) groups excluding carboxylic acids is 1. The lowest BCUT2D eigenvalue weighted by molar-refractivity contribution is -0.138. The second-order valence-electron chi connectivity index (χ2n) is 9.62. The number of aryl methyl sites for hydroxylation is 2. The first-order valence-corrected chi connectivity index (χ1v) is 11.8. The Balaban J connectivity index is 1.20. The van der Waals surface area contributed by atoms with Crippen LogP contribution in [0.5, 0.6) is 0 Å². The van der Waals surface area contributed by atoms with E-state index in [2.05, 4.69) is 77.0 Å². The zero-order chi connectivity index (χ0) is 21.8. The Morgan fingerprint density at radius 1 is 0.968 bits per heavy atom. The predicted octanol–water partition coefficient (Wildman–Crippen LogP) is 3.05. The molecule has 0 aliphatic carbocycles. The molecular weight excluding hydrogens is 384 g/mol. The monoisotopic (exact) mass is 422 g/mol.